The fourth-order valence-electron chi connectivity index (χ4n) is 2.79. The molecule has 0 saturated carbocycles. The van der Waals surface area contributed by atoms with E-state index in [2.05, 4.69) is 31.0 Å². The molecule has 6 heteroatoms. The lowest BCUT2D eigenvalue weighted by Crippen LogP contribution is -2.24. The summed E-state index contributed by atoms with van der Waals surface area (Å²) in [6, 6.07) is 19.3. The number of hydrogen-bond acceptors (Lipinski definition) is 3. The van der Waals surface area contributed by atoms with Crippen molar-refractivity contribution in [1.82, 2.24) is 9.99 Å². The monoisotopic (exact) mass is 425 g/mol. The number of hydrogen-bond donors (Lipinski definition) is 1. The van der Waals surface area contributed by atoms with Gasteiger partial charge in [0.2, 0.25) is 0 Å². The molecule has 27 heavy (non-hydrogen) atoms. The third-order valence-corrected chi connectivity index (χ3v) is 4.74. The number of para-hydroxylation sites is 2. The van der Waals surface area contributed by atoms with Gasteiger partial charge in [-0.25, -0.2) is 5.43 Å². The predicted molar refractivity (Wildman–Crippen MR) is 111 cm³/mol. The molecule has 1 N–H and O–H groups in total. The van der Waals surface area contributed by atoms with Gasteiger partial charge in [-0.1, -0.05) is 30.3 Å². The van der Waals surface area contributed by atoms with Gasteiger partial charge in [0.05, 0.1) is 11.9 Å². The summed E-state index contributed by atoms with van der Waals surface area (Å²) < 4.78 is 8.55. The first kappa shape index (κ1) is 18.9. The van der Waals surface area contributed by atoms with Gasteiger partial charge in [-0.15, -0.1) is 0 Å². The van der Waals surface area contributed by atoms with Gasteiger partial charge in [-0.05, 0) is 60.1 Å². The fraction of sp³-hybridized carbons (Fsp3) is 0.143. The third-order valence-electron chi connectivity index (χ3n) is 4.07. The highest BCUT2D eigenvalue weighted by molar-refractivity contribution is 9.10. The molecule has 1 heterocycles. The van der Waals surface area contributed by atoms with Crippen molar-refractivity contribution in [2.45, 2.75) is 13.8 Å². The second kappa shape index (κ2) is 8.68. The standard InChI is InChI=1S/C21H20BrN3O2/c1-15-12-17(16(2)25(15)20-11-7-6-10-19(20)22)13-23-24-21(26)14-27-18-8-4-3-5-9-18/h3-13H,14H2,1-2H3,(H,24,26). The van der Waals surface area contributed by atoms with Crippen LogP contribution in [-0.2, 0) is 4.79 Å². The molecule has 3 aromatic rings. The summed E-state index contributed by atoms with van der Waals surface area (Å²) in [6.45, 7) is 3.97. The van der Waals surface area contributed by atoms with Crippen LogP contribution in [0.2, 0.25) is 0 Å². The molecule has 1 amide bonds. The molecule has 0 spiro atoms. The van der Waals surface area contributed by atoms with Crippen LogP contribution >= 0.6 is 15.9 Å². The topological polar surface area (TPSA) is 55.6 Å². The van der Waals surface area contributed by atoms with Crippen molar-refractivity contribution in [1.29, 1.82) is 0 Å². The van der Waals surface area contributed by atoms with Gasteiger partial charge in [-0.2, -0.15) is 5.10 Å². The first-order chi connectivity index (χ1) is 13.1. The molecule has 5 nitrogen and oxygen atoms in total. The molecule has 0 aliphatic rings. The summed E-state index contributed by atoms with van der Waals surface area (Å²) in [6.07, 6.45) is 1.65. The van der Waals surface area contributed by atoms with Crippen LogP contribution in [0.5, 0.6) is 5.75 Å². The highest BCUT2D eigenvalue weighted by Gasteiger charge is 2.11. The number of benzene rings is 2. The minimum Gasteiger partial charge on any atom is -0.484 e. The van der Waals surface area contributed by atoms with Crippen molar-refractivity contribution in [3.05, 3.63) is 82.1 Å². The maximum absolute atomic E-state index is 11.9. The summed E-state index contributed by atoms with van der Waals surface area (Å²) in [5, 5.41) is 4.06. The van der Waals surface area contributed by atoms with Crippen LogP contribution in [0.1, 0.15) is 17.0 Å². The zero-order valence-electron chi connectivity index (χ0n) is 15.1. The number of aryl methyl sites for hydroxylation is 1. The SMILES string of the molecule is Cc1cc(C=NNC(=O)COc2ccccc2)c(C)n1-c1ccccc1Br. The van der Waals surface area contributed by atoms with Crippen LogP contribution in [0.25, 0.3) is 5.69 Å². The van der Waals surface area contributed by atoms with Crippen molar-refractivity contribution in [3.63, 3.8) is 0 Å². The van der Waals surface area contributed by atoms with E-state index in [0.717, 1.165) is 27.1 Å². The van der Waals surface area contributed by atoms with Crippen LogP contribution < -0.4 is 10.2 Å². The summed E-state index contributed by atoms with van der Waals surface area (Å²) in [7, 11) is 0. The lowest BCUT2D eigenvalue weighted by atomic mass is 10.2. The van der Waals surface area contributed by atoms with E-state index in [1.807, 2.05) is 62.4 Å². The molecule has 0 unspecified atom stereocenters. The number of hydrazone groups is 1. The molecule has 0 aliphatic heterocycles. The Labute approximate surface area is 166 Å². The lowest BCUT2D eigenvalue weighted by Gasteiger charge is -2.11. The number of ether oxygens (including phenoxy) is 1. The Morgan fingerprint density at radius 2 is 1.85 bits per heavy atom. The van der Waals surface area contributed by atoms with Gasteiger partial charge in [0.25, 0.3) is 5.91 Å². The highest BCUT2D eigenvalue weighted by atomic mass is 79.9. The summed E-state index contributed by atoms with van der Waals surface area (Å²) in [5.41, 5.74) is 6.62. The van der Waals surface area contributed by atoms with Crippen LogP contribution in [0.15, 0.2) is 70.2 Å². The average Bonchev–Trinajstić information content (AvgIpc) is 2.95. The van der Waals surface area contributed by atoms with E-state index in [1.165, 1.54) is 0 Å². The minimum absolute atomic E-state index is 0.0860. The maximum Gasteiger partial charge on any atom is 0.277 e. The summed E-state index contributed by atoms with van der Waals surface area (Å²) in [5.74, 6) is 0.336. The maximum atomic E-state index is 11.9. The molecule has 0 bridgehead atoms. The van der Waals surface area contributed by atoms with Gasteiger partial charge in [-0.3, -0.25) is 4.79 Å². The second-order valence-electron chi connectivity index (χ2n) is 6.01. The van der Waals surface area contributed by atoms with E-state index >= 15 is 0 Å². The summed E-state index contributed by atoms with van der Waals surface area (Å²) in [4.78, 5) is 11.9. The fourth-order valence-corrected chi connectivity index (χ4v) is 3.26. The Morgan fingerprint density at radius 1 is 1.15 bits per heavy atom. The Balaban J connectivity index is 1.65. The number of carbonyl (C=O) groups is 1. The van der Waals surface area contributed by atoms with E-state index in [0.29, 0.717) is 5.75 Å². The van der Waals surface area contributed by atoms with Gasteiger partial charge in [0.15, 0.2) is 6.61 Å². The summed E-state index contributed by atoms with van der Waals surface area (Å²) >= 11 is 3.59. The van der Waals surface area contributed by atoms with E-state index in [-0.39, 0.29) is 12.5 Å². The van der Waals surface area contributed by atoms with Crippen LogP contribution in [0, 0.1) is 13.8 Å². The predicted octanol–water partition coefficient (Wildman–Crippen LogP) is 4.39. The lowest BCUT2D eigenvalue weighted by molar-refractivity contribution is -0.123. The molecule has 138 valence electrons. The third kappa shape index (κ3) is 4.65. The van der Waals surface area contributed by atoms with Gasteiger partial charge < -0.3 is 9.30 Å². The zero-order chi connectivity index (χ0) is 19.2. The Bertz CT molecular complexity index is 965. The normalized spacial score (nSPS) is 10.9. The van der Waals surface area contributed by atoms with E-state index in [9.17, 15) is 4.79 Å². The van der Waals surface area contributed by atoms with E-state index in [4.69, 9.17) is 4.74 Å². The average molecular weight is 426 g/mol. The molecular weight excluding hydrogens is 406 g/mol. The molecule has 3 rings (SSSR count). The van der Waals surface area contributed by atoms with E-state index < -0.39 is 0 Å². The zero-order valence-corrected chi connectivity index (χ0v) is 16.7. The largest absolute Gasteiger partial charge is 0.484 e. The van der Waals surface area contributed by atoms with Crippen molar-refractivity contribution in [3.8, 4) is 11.4 Å². The number of amides is 1. The number of nitrogens with zero attached hydrogens (tertiary/aromatic N) is 2. The molecular formula is C21H20BrN3O2. The van der Waals surface area contributed by atoms with Crippen LogP contribution in [-0.4, -0.2) is 23.3 Å². The second-order valence-corrected chi connectivity index (χ2v) is 6.86. The van der Waals surface area contributed by atoms with Crippen molar-refractivity contribution in [2.75, 3.05) is 6.61 Å². The van der Waals surface area contributed by atoms with Gasteiger partial charge in [0, 0.05) is 21.4 Å². The minimum atomic E-state index is -0.310. The van der Waals surface area contributed by atoms with Crippen LogP contribution in [0.3, 0.4) is 0 Å². The first-order valence-electron chi connectivity index (χ1n) is 8.50. The smallest absolute Gasteiger partial charge is 0.277 e. The van der Waals surface area contributed by atoms with Crippen molar-refractivity contribution < 1.29 is 9.53 Å². The van der Waals surface area contributed by atoms with Crippen molar-refractivity contribution in [2.24, 2.45) is 5.10 Å². The molecule has 2 aromatic carbocycles. The number of halogens is 1. The number of aromatic nitrogens is 1. The van der Waals surface area contributed by atoms with Gasteiger partial charge >= 0.3 is 0 Å². The number of rotatable bonds is 6. The molecule has 0 atom stereocenters. The Morgan fingerprint density at radius 3 is 2.59 bits per heavy atom. The number of carbonyl (C=O) groups excluding carboxylic acids is 1. The van der Waals surface area contributed by atoms with Gasteiger partial charge in [0.1, 0.15) is 5.75 Å². The van der Waals surface area contributed by atoms with Crippen LogP contribution in [0.4, 0.5) is 0 Å². The van der Waals surface area contributed by atoms with E-state index in [1.54, 1.807) is 18.3 Å². The Kier molecular flexibility index (Phi) is 6.08. The molecule has 0 radical (unpaired) electrons. The van der Waals surface area contributed by atoms with Crippen molar-refractivity contribution >= 4 is 28.1 Å². The Hall–Kier alpha value is -2.86. The molecule has 0 saturated heterocycles. The quantitative estimate of drug-likeness (QED) is 0.470. The number of nitrogens with one attached hydrogen (secondary N) is 1. The molecule has 0 fully saturated rings. The first-order valence-corrected chi connectivity index (χ1v) is 9.29. The molecule has 0 aliphatic carbocycles. The molecule has 1 aromatic heterocycles. The highest BCUT2D eigenvalue weighted by Crippen LogP contribution is 2.26.